The van der Waals surface area contributed by atoms with Crippen LogP contribution in [0.5, 0.6) is 0 Å². The maximum absolute atomic E-state index is 10.0. The lowest BCUT2D eigenvalue weighted by atomic mass is 10.3. The summed E-state index contributed by atoms with van der Waals surface area (Å²) in [6.45, 7) is 5.63. The molecule has 0 heterocycles. The van der Waals surface area contributed by atoms with E-state index in [9.17, 15) is 4.48 Å². The first kappa shape index (κ1) is 17.4. The summed E-state index contributed by atoms with van der Waals surface area (Å²) in [5.74, 6) is 0. The van der Waals surface area contributed by atoms with Crippen LogP contribution in [0.25, 0.3) is 0 Å². The molecule has 3 heteroatoms. The Kier molecular flexibility index (Phi) is 46.0. The number of nitrogens with one attached hydrogen (secondary N) is 1. The van der Waals surface area contributed by atoms with Gasteiger partial charge in [0.25, 0.3) is 0 Å². The molecule has 0 saturated carbocycles. The lowest BCUT2D eigenvalue weighted by Crippen LogP contribution is -1.79. The molecule has 0 aromatic rings. The van der Waals surface area contributed by atoms with Crippen molar-refractivity contribution in [1.29, 1.82) is 0 Å². The predicted molar refractivity (Wildman–Crippen MR) is 54.5 cm³/mol. The minimum absolute atomic E-state index is 1.10. The molecule has 3 N–H and O–H groups in total. The minimum Gasteiger partial charge on any atom is -0.333 e. The van der Waals surface area contributed by atoms with Gasteiger partial charge in [-0.3, -0.25) is 0 Å². The Labute approximate surface area is 75.3 Å². The van der Waals surface area contributed by atoms with Gasteiger partial charge in [0.1, 0.15) is 0 Å². The summed E-state index contributed by atoms with van der Waals surface area (Å²) in [6, 6.07) is 0. The zero-order valence-electron chi connectivity index (χ0n) is 8.31. The van der Waals surface area contributed by atoms with Crippen molar-refractivity contribution in [3.05, 3.63) is 24.8 Å². The average Bonchev–Trinajstić information content (AvgIpc) is 2.11. The highest BCUT2D eigenvalue weighted by atomic mass is 19.2. The Hall–Kier alpha value is -0.670. The summed E-state index contributed by atoms with van der Waals surface area (Å²) in [5, 5.41) is 0. The van der Waals surface area contributed by atoms with Crippen LogP contribution in [-0.4, -0.2) is 14.1 Å². The van der Waals surface area contributed by atoms with E-state index in [1.54, 1.807) is 0 Å². The lowest BCUT2D eigenvalue weighted by Gasteiger charge is -1.79. The zero-order chi connectivity index (χ0) is 10.2. The Bertz CT molecular complexity index is 82.6. The smallest absolute Gasteiger partial charge is 0.0145 e. The SMILES string of the molecule is C=CCC/C=C\C.CN.CNF. The van der Waals surface area contributed by atoms with Gasteiger partial charge in [0.05, 0.1) is 0 Å². The fourth-order valence-corrected chi connectivity index (χ4v) is 0.381. The molecule has 12 heavy (non-hydrogen) atoms. The largest absolute Gasteiger partial charge is 0.333 e. The molecule has 0 bridgehead atoms. The lowest BCUT2D eigenvalue weighted by molar-refractivity contribution is 0.380. The standard InChI is InChI=1S/C7H12.CH4FN.CH5N/c1-3-5-7-6-4-2;1-3-2;1-2/h3-4,6H,1,5,7H2,2H3;3H,1H3;2H2,1H3/b6-4-;;. The highest BCUT2D eigenvalue weighted by Crippen LogP contribution is 1.88. The van der Waals surface area contributed by atoms with Gasteiger partial charge in [-0.15, -0.1) is 11.1 Å². The second kappa shape index (κ2) is 31.7. The van der Waals surface area contributed by atoms with Crippen LogP contribution in [0.1, 0.15) is 19.8 Å². The topological polar surface area (TPSA) is 38.0 Å². The van der Waals surface area contributed by atoms with Crippen molar-refractivity contribution in [3.8, 4) is 0 Å². The molecule has 0 saturated heterocycles. The third-order valence-corrected chi connectivity index (χ3v) is 0.773. The second-order valence-corrected chi connectivity index (χ2v) is 1.62. The maximum Gasteiger partial charge on any atom is 0.0145 e. The zero-order valence-corrected chi connectivity index (χ0v) is 8.31. The first-order chi connectivity index (χ1) is 5.83. The number of unbranched alkanes of at least 4 members (excludes halogenated alkanes) is 1. The Morgan fingerprint density at radius 2 is 1.83 bits per heavy atom. The monoisotopic (exact) mass is 176 g/mol. The number of nitrogens with two attached hydrogens (primary N) is 1. The number of rotatable bonds is 3. The summed E-state index contributed by atoms with van der Waals surface area (Å²) in [7, 11) is 2.71. The highest BCUT2D eigenvalue weighted by Gasteiger charge is 1.68. The predicted octanol–water partition coefficient (Wildman–Crippen LogP) is 2.19. The Morgan fingerprint density at radius 1 is 1.42 bits per heavy atom. The molecule has 0 aliphatic heterocycles. The van der Waals surface area contributed by atoms with Crippen LogP contribution in [0, 0.1) is 0 Å². The van der Waals surface area contributed by atoms with Gasteiger partial charge >= 0.3 is 0 Å². The van der Waals surface area contributed by atoms with Crippen LogP contribution in [0.2, 0.25) is 0 Å². The number of halogens is 1. The van der Waals surface area contributed by atoms with Gasteiger partial charge < -0.3 is 5.73 Å². The van der Waals surface area contributed by atoms with Crippen molar-refractivity contribution in [2.45, 2.75) is 19.8 Å². The molecule has 0 fully saturated rings. The Balaban J connectivity index is -0.000000137. The number of allylic oxidation sites excluding steroid dienone is 3. The molecule has 0 atom stereocenters. The van der Waals surface area contributed by atoms with Gasteiger partial charge in [0.15, 0.2) is 0 Å². The van der Waals surface area contributed by atoms with E-state index in [2.05, 4.69) is 24.5 Å². The van der Waals surface area contributed by atoms with Crippen molar-refractivity contribution in [2.75, 3.05) is 14.1 Å². The van der Waals surface area contributed by atoms with E-state index >= 15 is 0 Å². The summed E-state index contributed by atoms with van der Waals surface area (Å²) >= 11 is 0. The molecule has 0 unspecified atom stereocenters. The van der Waals surface area contributed by atoms with Crippen molar-refractivity contribution >= 4 is 0 Å². The van der Waals surface area contributed by atoms with Crippen LogP contribution < -0.4 is 11.3 Å². The fraction of sp³-hybridized carbons (Fsp3) is 0.556. The maximum atomic E-state index is 10.0. The number of hydrogen-bond donors (Lipinski definition) is 2. The van der Waals surface area contributed by atoms with E-state index in [4.69, 9.17) is 0 Å². The van der Waals surface area contributed by atoms with E-state index < -0.39 is 0 Å². The molecule has 0 aliphatic carbocycles. The Morgan fingerprint density at radius 3 is 2.08 bits per heavy atom. The van der Waals surface area contributed by atoms with Gasteiger partial charge in [-0.2, -0.15) is 5.54 Å². The van der Waals surface area contributed by atoms with Crippen molar-refractivity contribution in [3.63, 3.8) is 0 Å². The molecular formula is C9H21FN2. The van der Waals surface area contributed by atoms with Gasteiger partial charge in [-0.05, 0) is 26.8 Å². The summed E-state index contributed by atoms with van der Waals surface area (Å²) in [6.07, 6.45) is 8.37. The van der Waals surface area contributed by atoms with E-state index in [0.717, 1.165) is 12.8 Å². The summed E-state index contributed by atoms with van der Waals surface area (Å²) in [4.78, 5) is 0. The third kappa shape index (κ3) is 58.4. The minimum atomic E-state index is 1.10. The van der Waals surface area contributed by atoms with Crippen LogP contribution in [0.4, 0.5) is 4.48 Å². The highest BCUT2D eigenvalue weighted by molar-refractivity contribution is 4.80. The van der Waals surface area contributed by atoms with Crippen LogP contribution in [0.15, 0.2) is 24.8 Å². The fourth-order valence-electron chi connectivity index (χ4n) is 0.381. The van der Waals surface area contributed by atoms with Gasteiger partial charge in [0, 0.05) is 7.05 Å². The van der Waals surface area contributed by atoms with E-state index in [1.807, 2.05) is 13.0 Å². The van der Waals surface area contributed by atoms with Crippen LogP contribution >= 0.6 is 0 Å². The molecule has 0 aromatic heterocycles. The molecular weight excluding hydrogens is 155 g/mol. The van der Waals surface area contributed by atoms with Crippen LogP contribution in [-0.2, 0) is 0 Å². The normalized spacial score (nSPS) is 7.75. The first-order valence-corrected chi connectivity index (χ1v) is 3.90. The van der Waals surface area contributed by atoms with E-state index in [0.29, 0.717) is 0 Å². The second-order valence-electron chi connectivity index (χ2n) is 1.62. The average molecular weight is 176 g/mol. The summed E-state index contributed by atoms with van der Waals surface area (Å²) < 4.78 is 10.0. The molecule has 0 amide bonds. The van der Waals surface area contributed by atoms with Crippen molar-refractivity contribution < 1.29 is 4.48 Å². The quantitative estimate of drug-likeness (QED) is 0.393. The van der Waals surface area contributed by atoms with E-state index in [-0.39, 0.29) is 0 Å². The molecule has 0 aromatic carbocycles. The molecule has 74 valence electrons. The summed E-state index contributed by atoms with van der Waals surface area (Å²) in [5.41, 5.74) is 5.75. The van der Waals surface area contributed by atoms with E-state index in [1.165, 1.54) is 19.6 Å². The van der Waals surface area contributed by atoms with Gasteiger partial charge in [-0.25, -0.2) is 0 Å². The molecule has 0 aliphatic rings. The van der Waals surface area contributed by atoms with Crippen LogP contribution in [0.3, 0.4) is 0 Å². The first-order valence-electron chi connectivity index (χ1n) is 3.90. The third-order valence-electron chi connectivity index (χ3n) is 0.773. The molecule has 0 rings (SSSR count). The van der Waals surface area contributed by atoms with Crippen molar-refractivity contribution in [1.82, 2.24) is 5.54 Å². The van der Waals surface area contributed by atoms with Crippen molar-refractivity contribution in [2.24, 2.45) is 5.73 Å². The molecule has 0 spiro atoms. The number of hydrogen-bond acceptors (Lipinski definition) is 2. The van der Waals surface area contributed by atoms with Gasteiger partial charge in [-0.1, -0.05) is 18.2 Å². The molecule has 0 radical (unpaired) electrons. The molecule has 2 nitrogen and oxygen atoms in total. The van der Waals surface area contributed by atoms with Gasteiger partial charge in [0.2, 0.25) is 0 Å².